The summed E-state index contributed by atoms with van der Waals surface area (Å²) in [7, 11) is 2.72. The van der Waals surface area contributed by atoms with E-state index in [4.69, 9.17) is 4.74 Å². The number of halogens is 3. The van der Waals surface area contributed by atoms with Gasteiger partial charge in [-0.1, -0.05) is 5.21 Å². The molecule has 0 aliphatic carbocycles. The fraction of sp³-hybridized carbons (Fsp3) is 0.533. The predicted octanol–water partition coefficient (Wildman–Crippen LogP) is -0.112. The van der Waals surface area contributed by atoms with Crippen LogP contribution in [0, 0.1) is 0 Å². The highest BCUT2D eigenvalue weighted by molar-refractivity contribution is 8.01. The number of aromatic nitrogens is 3. The Balaban J connectivity index is 1.79. The third-order valence-electron chi connectivity index (χ3n) is 4.55. The van der Waals surface area contributed by atoms with Crippen molar-refractivity contribution in [2.45, 2.75) is 21.6 Å². The molecule has 17 heteroatoms. The lowest BCUT2D eigenvalue weighted by molar-refractivity contribution is -0.192. The number of amides is 2. The van der Waals surface area contributed by atoms with E-state index in [1.807, 2.05) is 0 Å². The zero-order chi connectivity index (χ0) is 23.8. The van der Waals surface area contributed by atoms with Gasteiger partial charge in [-0.3, -0.25) is 14.5 Å². The summed E-state index contributed by atoms with van der Waals surface area (Å²) in [5.74, 6) is -4.70. The molecule has 0 spiro atoms. The van der Waals surface area contributed by atoms with Gasteiger partial charge in [-0.25, -0.2) is 9.48 Å². The van der Waals surface area contributed by atoms with E-state index in [9.17, 15) is 37.2 Å². The summed E-state index contributed by atoms with van der Waals surface area (Å²) < 4.78 is 55.2. The first-order chi connectivity index (χ1) is 14.9. The van der Waals surface area contributed by atoms with Crippen LogP contribution in [-0.4, -0.2) is 88.3 Å². The number of thioether (sulfide) groups is 2. The van der Waals surface area contributed by atoms with Crippen LogP contribution in [0.2, 0.25) is 0 Å². The molecule has 1 aromatic rings. The van der Waals surface area contributed by atoms with Crippen molar-refractivity contribution in [1.82, 2.24) is 25.2 Å². The summed E-state index contributed by atoms with van der Waals surface area (Å²) in [5.41, 5.74) is -7.03. The maximum absolute atomic E-state index is 12.9. The van der Waals surface area contributed by atoms with Gasteiger partial charge in [0.1, 0.15) is 16.1 Å². The van der Waals surface area contributed by atoms with Gasteiger partial charge >= 0.3 is 11.5 Å². The number of fused-ring (bicyclic) bond motifs is 1. The Morgan fingerprint density at radius 2 is 2.22 bits per heavy atom. The highest BCUT2D eigenvalue weighted by atomic mass is 32.2. The SMILES string of the molecule is CO[C@@]1(NC(=O)C[S+]([O-])C(F)(F)F)C(=O)N2C(C(=O)O)=C(CSc3cnnn3C)CS[C@@H]21. The molecule has 0 saturated carbocycles. The average molecular weight is 516 g/mol. The Bertz CT molecular complexity index is 973. The molecular formula is C15H16F3N5O6S3. The summed E-state index contributed by atoms with van der Waals surface area (Å²) in [4.78, 5) is 37.7. The highest BCUT2D eigenvalue weighted by Crippen LogP contribution is 2.47. The summed E-state index contributed by atoms with van der Waals surface area (Å²) in [6.45, 7) is 0. The molecule has 2 amide bonds. The molecule has 1 aromatic heterocycles. The number of nitrogens with zero attached hydrogens (tertiary/aromatic N) is 4. The number of nitrogens with one attached hydrogen (secondary N) is 1. The second-order valence-corrected chi connectivity index (χ2v) is 10.0. The molecule has 3 heterocycles. The number of methoxy groups -OCH3 is 1. The number of hydrogen-bond acceptors (Lipinski definition) is 9. The van der Waals surface area contributed by atoms with Crippen LogP contribution in [0.4, 0.5) is 13.2 Å². The minimum atomic E-state index is -5.10. The first-order valence-corrected chi connectivity index (χ1v) is 12.0. The Hall–Kier alpha value is -1.95. The average Bonchev–Trinajstić information content (AvgIpc) is 3.13. The van der Waals surface area contributed by atoms with E-state index in [1.54, 1.807) is 7.05 Å². The Kier molecular flexibility index (Phi) is 7.04. The standard InChI is InChI=1S/C15H16F3N5O6S3/c1-22-9(3-19-21-22)30-4-7-5-31-13-14(29-2,12(27)23(13)10(7)11(25)26)20-8(24)6-32(28)15(16,17)18/h3,13H,4-6H2,1-2H3,(H,20,24)(H,25,26)/t13-,14+,32?/m1/s1. The number of carboxylic acid groups (broad SMARTS) is 1. The Morgan fingerprint density at radius 3 is 2.75 bits per heavy atom. The number of carboxylic acids is 1. The van der Waals surface area contributed by atoms with E-state index in [1.165, 1.54) is 22.6 Å². The van der Waals surface area contributed by atoms with E-state index in [-0.39, 0.29) is 17.2 Å². The smallest absolute Gasteiger partial charge is 0.573 e. The van der Waals surface area contributed by atoms with Crippen LogP contribution in [0.3, 0.4) is 0 Å². The first kappa shape index (κ1) is 24.7. The maximum atomic E-state index is 12.9. The summed E-state index contributed by atoms with van der Waals surface area (Å²) >= 11 is -1.12. The zero-order valence-electron chi connectivity index (χ0n) is 16.4. The van der Waals surface area contributed by atoms with Crippen LogP contribution >= 0.6 is 23.5 Å². The van der Waals surface area contributed by atoms with E-state index in [0.29, 0.717) is 10.6 Å². The summed E-state index contributed by atoms with van der Waals surface area (Å²) in [6, 6.07) is 0. The van der Waals surface area contributed by atoms with Gasteiger partial charge in [-0.15, -0.1) is 41.8 Å². The number of alkyl halides is 3. The lowest BCUT2D eigenvalue weighted by Gasteiger charge is -2.55. The van der Waals surface area contributed by atoms with Crippen molar-refractivity contribution in [2.24, 2.45) is 7.05 Å². The molecule has 2 aliphatic heterocycles. The minimum Gasteiger partial charge on any atom is -0.609 e. The van der Waals surface area contributed by atoms with Gasteiger partial charge in [0.05, 0.1) is 17.4 Å². The molecule has 2 aliphatic rings. The van der Waals surface area contributed by atoms with Gasteiger partial charge in [-0.05, 0) is 5.57 Å². The van der Waals surface area contributed by atoms with Crippen LogP contribution in [0.1, 0.15) is 0 Å². The molecule has 1 saturated heterocycles. The number of β-lactam (4-membered cyclic amide) rings is 1. The van der Waals surface area contributed by atoms with Crippen molar-refractivity contribution in [1.29, 1.82) is 0 Å². The molecule has 11 nitrogen and oxygen atoms in total. The number of carbonyl (C=O) groups is 3. The number of aryl methyl sites for hydroxylation is 1. The van der Waals surface area contributed by atoms with Gasteiger partial charge in [0.15, 0.2) is 5.75 Å². The van der Waals surface area contributed by atoms with Crippen molar-refractivity contribution in [3.8, 4) is 0 Å². The molecule has 3 atom stereocenters. The number of ether oxygens (including phenoxy) is 1. The fourth-order valence-electron chi connectivity index (χ4n) is 3.07. The number of hydrogen-bond donors (Lipinski definition) is 2. The molecule has 2 N–H and O–H groups in total. The number of aliphatic carboxylic acids is 1. The molecule has 3 rings (SSSR count). The second kappa shape index (κ2) is 9.12. The predicted molar refractivity (Wildman–Crippen MR) is 106 cm³/mol. The monoisotopic (exact) mass is 515 g/mol. The van der Waals surface area contributed by atoms with Crippen LogP contribution < -0.4 is 5.32 Å². The van der Waals surface area contributed by atoms with E-state index < -0.39 is 51.3 Å². The van der Waals surface area contributed by atoms with Crippen molar-refractivity contribution in [2.75, 3.05) is 24.4 Å². The topological polar surface area (TPSA) is 150 Å². The van der Waals surface area contributed by atoms with Gasteiger partial charge in [0.25, 0.3) is 17.5 Å². The van der Waals surface area contributed by atoms with Gasteiger partial charge < -0.3 is 19.7 Å². The summed E-state index contributed by atoms with van der Waals surface area (Å²) in [5, 5.41) is 18.9. The molecule has 32 heavy (non-hydrogen) atoms. The van der Waals surface area contributed by atoms with Crippen LogP contribution in [-0.2, 0) is 37.3 Å². The molecular weight excluding hydrogens is 499 g/mol. The Morgan fingerprint density at radius 1 is 1.53 bits per heavy atom. The van der Waals surface area contributed by atoms with Gasteiger partial charge in [0.2, 0.25) is 0 Å². The van der Waals surface area contributed by atoms with Crippen LogP contribution in [0.25, 0.3) is 0 Å². The highest BCUT2D eigenvalue weighted by Gasteiger charge is 2.67. The van der Waals surface area contributed by atoms with Crippen LogP contribution in [0.5, 0.6) is 0 Å². The third-order valence-corrected chi connectivity index (χ3v) is 8.12. The fourth-order valence-corrected chi connectivity index (χ4v) is 6.02. The van der Waals surface area contributed by atoms with Gasteiger partial charge in [0, 0.05) is 25.7 Å². The van der Waals surface area contributed by atoms with E-state index in [2.05, 4.69) is 15.6 Å². The van der Waals surface area contributed by atoms with E-state index in [0.717, 1.165) is 23.8 Å². The Labute approximate surface area is 190 Å². The summed E-state index contributed by atoms with van der Waals surface area (Å²) in [6.07, 6.45) is 1.50. The van der Waals surface area contributed by atoms with Crippen molar-refractivity contribution in [3.05, 3.63) is 17.5 Å². The van der Waals surface area contributed by atoms with Gasteiger partial charge in [-0.2, -0.15) is 0 Å². The third kappa shape index (κ3) is 4.43. The molecule has 176 valence electrons. The maximum Gasteiger partial charge on any atom is 0.573 e. The number of carbonyl (C=O) groups excluding carboxylic acids is 2. The molecule has 0 radical (unpaired) electrons. The molecule has 1 fully saturated rings. The largest absolute Gasteiger partial charge is 0.609 e. The minimum absolute atomic E-state index is 0.157. The van der Waals surface area contributed by atoms with E-state index >= 15 is 0 Å². The molecule has 0 aromatic carbocycles. The lowest BCUT2D eigenvalue weighted by atomic mass is 9.98. The molecule has 0 bridgehead atoms. The van der Waals surface area contributed by atoms with Crippen molar-refractivity contribution >= 4 is 52.5 Å². The lowest BCUT2D eigenvalue weighted by Crippen LogP contribution is -2.81. The first-order valence-electron chi connectivity index (χ1n) is 8.61. The van der Waals surface area contributed by atoms with Crippen LogP contribution in [0.15, 0.2) is 22.5 Å². The second-order valence-electron chi connectivity index (χ2n) is 6.50. The molecule has 1 unspecified atom stereocenters. The van der Waals surface area contributed by atoms with Crippen molar-refractivity contribution in [3.63, 3.8) is 0 Å². The van der Waals surface area contributed by atoms with Crippen molar-refractivity contribution < 1.29 is 42.0 Å². The normalized spacial score (nSPS) is 24.1. The zero-order valence-corrected chi connectivity index (χ0v) is 18.9. The quantitative estimate of drug-likeness (QED) is 0.208. The number of rotatable bonds is 8.